The van der Waals surface area contributed by atoms with Crippen LogP contribution < -0.4 is 15.6 Å². The largest absolute Gasteiger partial charge is 0.439 e. The monoisotopic (exact) mass is 530 g/mol. The fourth-order valence-corrected chi connectivity index (χ4v) is 3.77. The van der Waals surface area contributed by atoms with Crippen LogP contribution in [-0.4, -0.2) is 30.3 Å². The minimum absolute atomic E-state index is 0.129. The van der Waals surface area contributed by atoms with Crippen LogP contribution in [0.15, 0.2) is 90.1 Å². The Labute approximate surface area is 221 Å². The number of benzene rings is 2. The third kappa shape index (κ3) is 6.11. The van der Waals surface area contributed by atoms with Crippen LogP contribution in [0, 0.1) is 5.95 Å². The highest BCUT2D eigenvalue weighted by Gasteiger charge is 2.16. The number of hydrogen-bond donors (Lipinski definition) is 2. The number of rotatable bonds is 9. The van der Waals surface area contributed by atoms with Crippen molar-refractivity contribution in [2.75, 3.05) is 5.32 Å². The predicted octanol–water partition coefficient (Wildman–Crippen LogP) is 5.16. The zero-order valence-corrected chi connectivity index (χ0v) is 20.5. The summed E-state index contributed by atoms with van der Waals surface area (Å²) in [6.07, 6.45) is 4.48. The van der Waals surface area contributed by atoms with E-state index in [1.54, 1.807) is 59.4 Å². The Morgan fingerprint density at radius 3 is 2.55 bits per heavy atom. The summed E-state index contributed by atoms with van der Waals surface area (Å²) in [6.45, 7) is 0.362. The number of anilines is 2. The molecule has 0 aliphatic carbocycles. The minimum Gasteiger partial charge on any atom is -0.439 e. The van der Waals surface area contributed by atoms with Gasteiger partial charge < -0.3 is 19.6 Å². The van der Waals surface area contributed by atoms with E-state index in [1.807, 2.05) is 12.1 Å². The second-order valence-electron chi connectivity index (χ2n) is 8.24. The van der Waals surface area contributed by atoms with Gasteiger partial charge in [0.15, 0.2) is 5.82 Å². The Kier molecular flexibility index (Phi) is 7.23. The van der Waals surface area contributed by atoms with Gasteiger partial charge in [-0.3, -0.25) is 9.59 Å². The van der Waals surface area contributed by atoms with Crippen molar-refractivity contribution in [1.29, 1.82) is 0 Å². The van der Waals surface area contributed by atoms with Gasteiger partial charge in [0.1, 0.15) is 5.75 Å². The number of pyridine rings is 1. The second-order valence-corrected chi connectivity index (χ2v) is 8.67. The lowest BCUT2D eigenvalue weighted by Crippen LogP contribution is -2.23. The van der Waals surface area contributed by atoms with E-state index in [9.17, 15) is 14.0 Å². The molecular formula is C27H20ClFN6O3. The summed E-state index contributed by atoms with van der Waals surface area (Å²) in [7, 11) is 0. The fourth-order valence-electron chi connectivity index (χ4n) is 3.64. The molecule has 0 saturated carbocycles. The number of aromatic amines is 1. The molecule has 9 nitrogen and oxygen atoms in total. The fraction of sp³-hybridized carbons (Fsp3) is 0.0741. The van der Waals surface area contributed by atoms with Crippen molar-refractivity contribution in [3.63, 3.8) is 0 Å². The van der Waals surface area contributed by atoms with Crippen molar-refractivity contribution in [3.05, 3.63) is 124 Å². The van der Waals surface area contributed by atoms with Gasteiger partial charge in [-0.2, -0.15) is 14.4 Å². The third-order valence-corrected chi connectivity index (χ3v) is 5.72. The first-order chi connectivity index (χ1) is 18.4. The molecule has 0 spiro atoms. The molecule has 0 amide bonds. The summed E-state index contributed by atoms with van der Waals surface area (Å²) >= 11 is 6.03. The predicted molar refractivity (Wildman–Crippen MR) is 140 cm³/mol. The van der Waals surface area contributed by atoms with Gasteiger partial charge >= 0.3 is 0 Å². The molecule has 0 atom stereocenters. The quantitative estimate of drug-likeness (QED) is 0.200. The van der Waals surface area contributed by atoms with Crippen molar-refractivity contribution in [2.24, 2.45) is 0 Å². The number of hydrogen-bond acceptors (Lipinski definition) is 7. The van der Waals surface area contributed by atoms with Gasteiger partial charge in [-0.05, 0) is 48.0 Å². The lowest BCUT2D eigenvalue weighted by molar-refractivity contribution is 0.0983. The molecule has 5 rings (SSSR count). The minimum atomic E-state index is -0.639. The van der Waals surface area contributed by atoms with Gasteiger partial charge in [0.25, 0.3) is 5.56 Å². The van der Waals surface area contributed by atoms with Crippen LogP contribution in [0.1, 0.15) is 21.7 Å². The number of nitrogens with zero attached hydrogens (tertiary/aromatic N) is 4. The van der Waals surface area contributed by atoms with Gasteiger partial charge in [-0.15, -0.1) is 0 Å². The maximum atomic E-state index is 13.3. The molecule has 11 heteroatoms. The topological polar surface area (TPSA) is 115 Å². The molecule has 0 saturated heterocycles. The van der Waals surface area contributed by atoms with Crippen LogP contribution in [0.2, 0.25) is 5.02 Å². The number of carbonyl (C=O) groups excluding carboxylic acids is 1. The average molecular weight is 531 g/mol. The number of halogens is 2. The molecular weight excluding hydrogens is 511 g/mol. The van der Waals surface area contributed by atoms with Gasteiger partial charge in [0.2, 0.25) is 23.6 Å². The van der Waals surface area contributed by atoms with E-state index in [2.05, 4.69) is 25.3 Å². The Morgan fingerprint density at radius 1 is 1.05 bits per heavy atom. The maximum Gasteiger partial charge on any atom is 0.278 e. The van der Waals surface area contributed by atoms with Crippen molar-refractivity contribution >= 4 is 29.0 Å². The molecule has 190 valence electrons. The highest BCUT2D eigenvalue weighted by Crippen LogP contribution is 2.23. The molecule has 2 aromatic carbocycles. The third-order valence-electron chi connectivity index (χ3n) is 5.47. The molecule has 0 radical (unpaired) electrons. The summed E-state index contributed by atoms with van der Waals surface area (Å²) < 4.78 is 20.7. The van der Waals surface area contributed by atoms with E-state index in [-0.39, 0.29) is 35.4 Å². The van der Waals surface area contributed by atoms with Gasteiger partial charge in [0, 0.05) is 47.4 Å². The van der Waals surface area contributed by atoms with Crippen LogP contribution >= 0.6 is 11.6 Å². The van der Waals surface area contributed by atoms with E-state index in [0.717, 1.165) is 5.56 Å². The Bertz CT molecular complexity index is 1620. The van der Waals surface area contributed by atoms with Crippen molar-refractivity contribution in [2.45, 2.75) is 13.0 Å². The number of ether oxygens (including phenoxy) is 1. The summed E-state index contributed by atoms with van der Waals surface area (Å²) in [5.74, 6) is 0.0675. The maximum absolute atomic E-state index is 13.3. The lowest BCUT2D eigenvalue weighted by atomic mass is 10.1. The molecule has 0 aliphatic rings. The number of imidazole rings is 1. The summed E-state index contributed by atoms with van der Waals surface area (Å²) in [5, 5.41) is 3.75. The van der Waals surface area contributed by atoms with Gasteiger partial charge in [-0.1, -0.05) is 29.8 Å². The van der Waals surface area contributed by atoms with Crippen LogP contribution in [0.5, 0.6) is 11.6 Å². The normalized spacial score (nSPS) is 10.8. The van der Waals surface area contributed by atoms with Crippen molar-refractivity contribution in [3.8, 4) is 11.6 Å². The molecule has 0 unspecified atom stereocenters. The molecule has 0 bridgehead atoms. The van der Waals surface area contributed by atoms with E-state index >= 15 is 0 Å². The molecule has 38 heavy (non-hydrogen) atoms. The molecule has 2 N–H and O–H groups in total. The Morgan fingerprint density at radius 2 is 1.84 bits per heavy atom. The van der Waals surface area contributed by atoms with E-state index in [0.29, 0.717) is 23.0 Å². The van der Waals surface area contributed by atoms with E-state index < -0.39 is 11.5 Å². The highest BCUT2D eigenvalue weighted by molar-refractivity contribution is 6.30. The van der Waals surface area contributed by atoms with Gasteiger partial charge in [-0.25, -0.2) is 4.98 Å². The SMILES string of the molecule is O=C(Cc1cn(Cc2ccc(Cl)cc2)c(Nc2ccc(Oc3cccc(F)n3)cc2)nc1=O)c1ncc[nH]1. The number of H-pyrrole nitrogens is 1. The Balaban J connectivity index is 1.41. The Hall–Kier alpha value is -4.83. The van der Waals surface area contributed by atoms with Crippen LogP contribution in [0.25, 0.3) is 0 Å². The van der Waals surface area contributed by atoms with Crippen molar-refractivity contribution < 1.29 is 13.9 Å². The van der Waals surface area contributed by atoms with Crippen molar-refractivity contribution in [1.82, 2.24) is 24.5 Å². The molecule has 0 aliphatic heterocycles. The van der Waals surface area contributed by atoms with Crippen LogP contribution in [0.4, 0.5) is 16.0 Å². The van der Waals surface area contributed by atoms with Gasteiger partial charge in [0.05, 0.1) is 6.54 Å². The number of nitrogens with one attached hydrogen (secondary N) is 2. The summed E-state index contributed by atoms with van der Waals surface area (Å²) in [6, 6.07) is 18.4. The second kappa shape index (κ2) is 11.1. The lowest BCUT2D eigenvalue weighted by Gasteiger charge is -2.16. The summed E-state index contributed by atoms with van der Waals surface area (Å²) in [5.41, 5.74) is 1.24. The number of ketones is 1. The zero-order valence-electron chi connectivity index (χ0n) is 19.8. The molecule has 3 heterocycles. The smallest absolute Gasteiger partial charge is 0.278 e. The van der Waals surface area contributed by atoms with E-state index in [4.69, 9.17) is 16.3 Å². The first-order valence-electron chi connectivity index (χ1n) is 11.5. The van der Waals surface area contributed by atoms with Crippen LogP contribution in [0.3, 0.4) is 0 Å². The molecule has 0 fully saturated rings. The summed E-state index contributed by atoms with van der Waals surface area (Å²) in [4.78, 5) is 40.0. The highest BCUT2D eigenvalue weighted by atomic mass is 35.5. The first-order valence-corrected chi connectivity index (χ1v) is 11.9. The van der Waals surface area contributed by atoms with Crippen LogP contribution in [-0.2, 0) is 13.0 Å². The number of carbonyl (C=O) groups is 1. The standard InChI is InChI=1S/C27H20ClFN6O3/c28-19-6-4-17(5-7-19)15-35-16-18(14-22(36)25-30-12-13-31-25)26(37)34-27(35)32-20-8-10-21(11-9-20)38-24-3-1-2-23(29)33-24/h1-13,16H,14-15H2,(H,30,31)(H,32,34,37). The molecule has 5 aromatic rings. The number of aromatic nitrogens is 5. The first kappa shape index (κ1) is 24.8. The zero-order chi connectivity index (χ0) is 26.5. The number of Topliss-reactive ketones (excluding diaryl/α,β-unsaturated/α-hetero) is 1. The molecule has 3 aromatic heterocycles. The van der Waals surface area contributed by atoms with E-state index in [1.165, 1.54) is 18.3 Å². The average Bonchev–Trinajstić information content (AvgIpc) is 3.45.